The van der Waals surface area contributed by atoms with Gasteiger partial charge in [-0.25, -0.2) is 4.79 Å². The highest BCUT2D eigenvalue weighted by Crippen LogP contribution is 2.08. The number of carbonyl (C=O) groups excluding carboxylic acids is 5. The van der Waals surface area contributed by atoms with Gasteiger partial charge in [-0.1, -0.05) is 0 Å². The molecule has 3 N–H and O–H groups in total. The predicted octanol–water partition coefficient (Wildman–Crippen LogP) is -2.42. The summed E-state index contributed by atoms with van der Waals surface area (Å²) in [6.07, 6.45) is 0. The summed E-state index contributed by atoms with van der Waals surface area (Å²) >= 11 is 0. The molecular formula is C12H14N2O8. The molecule has 120 valence electrons. The molecule has 0 spiro atoms. The number of aliphatic hydroxyl groups is 1. The fourth-order valence-electron chi connectivity index (χ4n) is 1.63. The van der Waals surface area contributed by atoms with Crippen LogP contribution in [-0.4, -0.2) is 62.0 Å². The normalized spacial score (nSPS) is 19.9. The summed E-state index contributed by atoms with van der Waals surface area (Å²) in [6, 6.07) is 0. The zero-order chi connectivity index (χ0) is 16.9. The van der Waals surface area contributed by atoms with Gasteiger partial charge in [-0.05, 0) is 0 Å². The van der Waals surface area contributed by atoms with Crippen LogP contribution < -0.4 is 10.6 Å². The molecule has 22 heavy (non-hydrogen) atoms. The van der Waals surface area contributed by atoms with E-state index in [1.54, 1.807) is 0 Å². The Balaban J connectivity index is 0.000000220. The molecular weight excluding hydrogens is 300 g/mol. The van der Waals surface area contributed by atoms with Crippen LogP contribution in [0.2, 0.25) is 0 Å². The van der Waals surface area contributed by atoms with E-state index in [4.69, 9.17) is 5.11 Å². The molecule has 1 unspecified atom stereocenters. The molecule has 1 saturated heterocycles. The first-order valence-corrected chi connectivity index (χ1v) is 6.02. The fourth-order valence-corrected chi connectivity index (χ4v) is 1.63. The van der Waals surface area contributed by atoms with Gasteiger partial charge < -0.3 is 25.2 Å². The standard InChI is InChI=1S/2C6H7NO4/c2*1-11-6(10)3-2-7-5(9)4(3)8/h8H,2H2,1H3,(H,7,9);3H,2H2,1H3,(H,7,9). The van der Waals surface area contributed by atoms with Gasteiger partial charge in [0.25, 0.3) is 11.8 Å². The van der Waals surface area contributed by atoms with Gasteiger partial charge in [0.1, 0.15) is 11.5 Å². The summed E-state index contributed by atoms with van der Waals surface area (Å²) in [5, 5.41) is 13.4. The first-order valence-electron chi connectivity index (χ1n) is 6.02. The smallest absolute Gasteiger partial charge is 0.339 e. The molecule has 0 aromatic rings. The van der Waals surface area contributed by atoms with Crippen molar-refractivity contribution in [2.24, 2.45) is 5.92 Å². The number of hydrogen-bond donors (Lipinski definition) is 3. The molecule has 1 fully saturated rings. The van der Waals surface area contributed by atoms with Crippen LogP contribution in [0.1, 0.15) is 0 Å². The molecule has 10 nitrogen and oxygen atoms in total. The minimum Gasteiger partial charge on any atom is -0.503 e. The number of esters is 2. The van der Waals surface area contributed by atoms with Crippen LogP contribution in [0.5, 0.6) is 0 Å². The van der Waals surface area contributed by atoms with Crippen molar-refractivity contribution in [2.75, 3.05) is 27.3 Å². The molecule has 2 aliphatic heterocycles. The third-order valence-electron chi connectivity index (χ3n) is 2.85. The maximum Gasteiger partial charge on any atom is 0.339 e. The Hall–Kier alpha value is -2.91. The topological polar surface area (TPSA) is 148 Å². The average Bonchev–Trinajstić information content (AvgIpc) is 3.02. The van der Waals surface area contributed by atoms with Crippen molar-refractivity contribution in [3.8, 4) is 0 Å². The number of aliphatic hydroxyl groups excluding tert-OH is 1. The van der Waals surface area contributed by atoms with Crippen molar-refractivity contribution in [2.45, 2.75) is 0 Å². The second-order valence-corrected chi connectivity index (χ2v) is 4.15. The lowest BCUT2D eigenvalue weighted by molar-refractivity contribution is -0.149. The minimum atomic E-state index is -0.938. The second kappa shape index (κ2) is 7.20. The number of rotatable bonds is 2. The van der Waals surface area contributed by atoms with E-state index < -0.39 is 41.2 Å². The number of ketones is 1. The Labute approximate surface area is 124 Å². The lowest BCUT2D eigenvalue weighted by Crippen LogP contribution is -2.24. The van der Waals surface area contributed by atoms with Crippen LogP contribution >= 0.6 is 0 Å². The highest BCUT2D eigenvalue weighted by atomic mass is 16.5. The largest absolute Gasteiger partial charge is 0.503 e. The molecule has 10 heteroatoms. The molecule has 2 heterocycles. The molecule has 0 aromatic heterocycles. The Morgan fingerprint density at radius 1 is 1.09 bits per heavy atom. The van der Waals surface area contributed by atoms with Crippen LogP contribution in [0.4, 0.5) is 0 Å². The summed E-state index contributed by atoms with van der Waals surface area (Å²) in [7, 11) is 2.36. The van der Waals surface area contributed by atoms with Crippen LogP contribution in [0.15, 0.2) is 11.3 Å². The third kappa shape index (κ3) is 3.59. The van der Waals surface area contributed by atoms with Gasteiger partial charge >= 0.3 is 11.9 Å². The van der Waals surface area contributed by atoms with Gasteiger partial charge in [0.05, 0.1) is 20.8 Å². The lowest BCUT2D eigenvalue weighted by Gasteiger charge is -2.00. The molecule has 2 rings (SSSR count). The van der Waals surface area contributed by atoms with Gasteiger partial charge in [-0.15, -0.1) is 0 Å². The number of hydrogen-bond acceptors (Lipinski definition) is 8. The highest BCUT2D eigenvalue weighted by Gasteiger charge is 2.38. The van der Waals surface area contributed by atoms with E-state index in [-0.39, 0.29) is 18.7 Å². The summed E-state index contributed by atoms with van der Waals surface area (Å²) in [5.41, 5.74) is -0.0162. The van der Waals surface area contributed by atoms with Gasteiger partial charge in [0.2, 0.25) is 5.78 Å². The van der Waals surface area contributed by atoms with Crippen LogP contribution in [0.25, 0.3) is 0 Å². The molecule has 2 aliphatic rings. The van der Waals surface area contributed by atoms with E-state index in [1.807, 2.05) is 0 Å². The Kier molecular flexibility index (Phi) is 5.61. The predicted molar refractivity (Wildman–Crippen MR) is 68.2 cm³/mol. The van der Waals surface area contributed by atoms with Crippen molar-refractivity contribution in [1.82, 2.24) is 10.6 Å². The van der Waals surface area contributed by atoms with E-state index in [2.05, 4.69) is 20.1 Å². The Morgan fingerprint density at radius 3 is 2.09 bits per heavy atom. The zero-order valence-corrected chi connectivity index (χ0v) is 11.8. The van der Waals surface area contributed by atoms with Gasteiger partial charge in [0, 0.05) is 6.54 Å². The Morgan fingerprint density at radius 2 is 1.73 bits per heavy atom. The molecule has 1 atom stereocenters. The number of ether oxygens (including phenoxy) is 2. The lowest BCUT2D eigenvalue weighted by atomic mass is 10.1. The molecule has 0 bridgehead atoms. The molecule has 0 radical (unpaired) electrons. The summed E-state index contributed by atoms with van der Waals surface area (Å²) < 4.78 is 8.60. The molecule has 0 aromatic carbocycles. The van der Waals surface area contributed by atoms with Crippen molar-refractivity contribution < 1.29 is 38.6 Å². The van der Waals surface area contributed by atoms with Crippen LogP contribution in [-0.2, 0) is 33.4 Å². The molecule has 0 saturated carbocycles. The van der Waals surface area contributed by atoms with Crippen LogP contribution in [0.3, 0.4) is 0 Å². The maximum absolute atomic E-state index is 10.8. The van der Waals surface area contributed by atoms with Crippen molar-refractivity contribution >= 4 is 29.5 Å². The van der Waals surface area contributed by atoms with E-state index in [0.29, 0.717) is 0 Å². The number of carbonyl (C=O) groups is 5. The Bertz CT molecular complexity index is 565. The van der Waals surface area contributed by atoms with E-state index in [1.165, 1.54) is 14.2 Å². The highest BCUT2D eigenvalue weighted by molar-refractivity contribution is 6.42. The number of nitrogens with one attached hydrogen (secondary N) is 2. The SMILES string of the molecule is COC(=O)C1=C(O)C(=O)NC1.COC(=O)C1CNC(=O)C1=O. The first-order chi connectivity index (χ1) is 10.3. The number of methoxy groups -OCH3 is 2. The van der Waals surface area contributed by atoms with Crippen molar-refractivity contribution in [3.05, 3.63) is 11.3 Å². The summed E-state index contributed by atoms with van der Waals surface area (Å²) in [5.74, 6) is -4.87. The summed E-state index contributed by atoms with van der Waals surface area (Å²) in [6.45, 7) is 0.0989. The number of Topliss-reactive ketones (excluding diaryl/α,β-unsaturated/α-hetero) is 1. The third-order valence-corrected chi connectivity index (χ3v) is 2.85. The summed E-state index contributed by atoms with van der Waals surface area (Å²) in [4.78, 5) is 53.4. The van der Waals surface area contributed by atoms with E-state index >= 15 is 0 Å². The van der Waals surface area contributed by atoms with Crippen molar-refractivity contribution in [3.63, 3.8) is 0 Å². The first kappa shape index (κ1) is 17.1. The van der Waals surface area contributed by atoms with Gasteiger partial charge in [0.15, 0.2) is 5.76 Å². The van der Waals surface area contributed by atoms with Gasteiger partial charge in [-0.2, -0.15) is 0 Å². The quantitative estimate of drug-likeness (QED) is 0.289. The monoisotopic (exact) mass is 314 g/mol. The fraction of sp³-hybridized carbons (Fsp3) is 0.417. The second-order valence-electron chi connectivity index (χ2n) is 4.15. The van der Waals surface area contributed by atoms with Gasteiger partial charge in [-0.3, -0.25) is 19.2 Å². The molecule has 0 aliphatic carbocycles. The molecule has 2 amide bonds. The van der Waals surface area contributed by atoms with E-state index in [9.17, 15) is 24.0 Å². The average molecular weight is 314 g/mol. The maximum atomic E-state index is 10.8. The van der Waals surface area contributed by atoms with E-state index in [0.717, 1.165) is 0 Å². The minimum absolute atomic E-state index is 0.0162. The zero-order valence-electron chi connectivity index (χ0n) is 11.8. The number of amides is 2. The van der Waals surface area contributed by atoms with Crippen LogP contribution in [0, 0.1) is 5.92 Å². The van der Waals surface area contributed by atoms with Crippen molar-refractivity contribution in [1.29, 1.82) is 0 Å².